The van der Waals surface area contributed by atoms with Crippen LogP contribution in [0.15, 0.2) is 91.0 Å². The van der Waals surface area contributed by atoms with Crippen LogP contribution in [0.1, 0.15) is 26.2 Å². The number of hydrogen-bond acceptors (Lipinski definition) is 0. The molecule has 0 bridgehead atoms. The molecule has 1 heteroatoms. The maximum atomic E-state index is 3.81. The Morgan fingerprint density at radius 1 is 0.640 bits per heavy atom. The zero-order chi connectivity index (χ0) is 17.4. The lowest BCUT2D eigenvalue weighted by Gasteiger charge is -2.28. The Morgan fingerprint density at radius 2 is 1.04 bits per heavy atom. The van der Waals surface area contributed by atoms with Crippen LogP contribution < -0.4 is 15.6 Å². The molecule has 0 radical (unpaired) electrons. The molecule has 0 aliphatic rings. The van der Waals surface area contributed by atoms with E-state index >= 15 is 0 Å². The summed E-state index contributed by atoms with van der Waals surface area (Å²) in [5.74, 6) is 3.53. The summed E-state index contributed by atoms with van der Waals surface area (Å²) in [6.45, 7) is 2.22. The van der Waals surface area contributed by atoms with E-state index in [-0.39, 0.29) is 0 Å². The molecular formula is C24H24Si. The van der Waals surface area contributed by atoms with E-state index in [4.69, 9.17) is 0 Å². The van der Waals surface area contributed by atoms with Gasteiger partial charge in [-0.15, -0.1) is 11.5 Å². The van der Waals surface area contributed by atoms with Crippen LogP contribution in [0.25, 0.3) is 0 Å². The van der Waals surface area contributed by atoms with Gasteiger partial charge in [0.05, 0.1) is 0 Å². The van der Waals surface area contributed by atoms with E-state index in [9.17, 15) is 0 Å². The molecule has 0 saturated carbocycles. The highest BCUT2D eigenvalue weighted by Crippen LogP contribution is 2.07. The molecule has 3 aromatic rings. The molecule has 0 aliphatic carbocycles. The van der Waals surface area contributed by atoms with E-state index in [0.717, 1.165) is 12.8 Å². The van der Waals surface area contributed by atoms with Crippen molar-refractivity contribution in [1.82, 2.24) is 0 Å². The van der Waals surface area contributed by atoms with Crippen molar-refractivity contribution in [3.8, 4) is 11.5 Å². The summed E-state index contributed by atoms with van der Waals surface area (Å²) in [5.41, 5.74) is 3.81. The van der Waals surface area contributed by atoms with Gasteiger partial charge in [-0.1, -0.05) is 104 Å². The summed E-state index contributed by atoms with van der Waals surface area (Å²) >= 11 is 0. The number of rotatable bonds is 5. The molecule has 124 valence electrons. The van der Waals surface area contributed by atoms with E-state index in [0.29, 0.717) is 0 Å². The lowest BCUT2D eigenvalue weighted by atomic mass is 10.3. The monoisotopic (exact) mass is 340 g/mol. The SMILES string of the molecule is CCCCC#C[Si](c1ccccc1)(c1ccccc1)c1ccccc1. The number of benzene rings is 3. The lowest BCUT2D eigenvalue weighted by Crippen LogP contribution is -2.66. The maximum Gasteiger partial charge on any atom is 0.229 e. The number of hydrogen-bond donors (Lipinski definition) is 0. The minimum atomic E-state index is -2.33. The summed E-state index contributed by atoms with van der Waals surface area (Å²) in [4.78, 5) is 0. The van der Waals surface area contributed by atoms with Gasteiger partial charge in [0, 0.05) is 6.42 Å². The van der Waals surface area contributed by atoms with Crippen molar-refractivity contribution in [2.75, 3.05) is 0 Å². The number of unbranched alkanes of at least 4 members (excludes halogenated alkanes) is 2. The molecule has 3 aromatic carbocycles. The second-order valence-electron chi connectivity index (χ2n) is 6.25. The third-order valence-electron chi connectivity index (χ3n) is 4.55. The summed E-state index contributed by atoms with van der Waals surface area (Å²) in [5, 5.41) is 4.07. The summed E-state index contributed by atoms with van der Waals surface area (Å²) in [6, 6.07) is 32.6. The fourth-order valence-electron chi connectivity index (χ4n) is 3.24. The van der Waals surface area contributed by atoms with Crippen LogP contribution in [0.3, 0.4) is 0 Å². The van der Waals surface area contributed by atoms with Crippen molar-refractivity contribution >= 4 is 23.6 Å². The van der Waals surface area contributed by atoms with Crippen molar-refractivity contribution in [2.45, 2.75) is 26.2 Å². The predicted octanol–water partition coefficient (Wildman–Crippen LogP) is 3.89. The second kappa shape index (κ2) is 8.51. The Balaban J connectivity index is 2.25. The smallest absolute Gasteiger partial charge is 0.114 e. The molecule has 0 heterocycles. The molecule has 3 rings (SSSR count). The largest absolute Gasteiger partial charge is 0.229 e. The average molecular weight is 341 g/mol. The van der Waals surface area contributed by atoms with E-state index in [1.54, 1.807) is 0 Å². The molecule has 25 heavy (non-hydrogen) atoms. The molecule has 0 aliphatic heterocycles. The zero-order valence-electron chi connectivity index (χ0n) is 14.8. The van der Waals surface area contributed by atoms with Crippen molar-refractivity contribution in [3.05, 3.63) is 91.0 Å². The van der Waals surface area contributed by atoms with Crippen LogP contribution in [0.4, 0.5) is 0 Å². The topological polar surface area (TPSA) is 0 Å². The first-order chi connectivity index (χ1) is 12.4. The summed E-state index contributed by atoms with van der Waals surface area (Å²) < 4.78 is 0. The maximum absolute atomic E-state index is 3.81. The molecular weight excluding hydrogens is 316 g/mol. The van der Waals surface area contributed by atoms with E-state index < -0.39 is 8.07 Å². The van der Waals surface area contributed by atoms with Gasteiger partial charge >= 0.3 is 0 Å². The minimum Gasteiger partial charge on any atom is -0.114 e. The van der Waals surface area contributed by atoms with E-state index in [1.165, 1.54) is 22.0 Å². The first-order valence-electron chi connectivity index (χ1n) is 9.04. The van der Waals surface area contributed by atoms with Gasteiger partial charge in [0.1, 0.15) is 0 Å². The molecule has 0 unspecified atom stereocenters. The Kier molecular flexibility index (Phi) is 5.88. The van der Waals surface area contributed by atoms with Crippen LogP contribution >= 0.6 is 0 Å². The van der Waals surface area contributed by atoms with E-state index in [1.807, 2.05) is 0 Å². The first kappa shape index (κ1) is 17.3. The quantitative estimate of drug-likeness (QED) is 0.286. The van der Waals surface area contributed by atoms with Gasteiger partial charge in [-0.3, -0.25) is 0 Å². The van der Waals surface area contributed by atoms with Crippen molar-refractivity contribution in [1.29, 1.82) is 0 Å². The van der Waals surface area contributed by atoms with Gasteiger partial charge < -0.3 is 0 Å². The minimum absolute atomic E-state index is 0.970. The van der Waals surface area contributed by atoms with E-state index in [2.05, 4.69) is 109 Å². The predicted molar refractivity (Wildman–Crippen MR) is 111 cm³/mol. The van der Waals surface area contributed by atoms with Gasteiger partial charge in [-0.2, -0.15) is 0 Å². The Hall–Kier alpha value is -2.56. The Bertz CT molecular complexity index is 730. The van der Waals surface area contributed by atoms with Crippen LogP contribution in [0, 0.1) is 11.5 Å². The first-order valence-corrected chi connectivity index (χ1v) is 11.0. The molecule has 0 fully saturated rings. The van der Waals surface area contributed by atoms with Gasteiger partial charge in [-0.05, 0) is 22.0 Å². The molecule has 0 N–H and O–H groups in total. The third kappa shape index (κ3) is 3.76. The molecule has 0 saturated heterocycles. The van der Waals surface area contributed by atoms with Gasteiger partial charge in [0.2, 0.25) is 8.07 Å². The third-order valence-corrected chi connectivity index (χ3v) is 8.70. The Labute approximate surface area is 152 Å². The molecule has 0 aromatic heterocycles. The summed E-state index contributed by atoms with van der Waals surface area (Å²) in [7, 11) is -2.33. The normalized spacial score (nSPS) is 10.8. The zero-order valence-corrected chi connectivity index (χ0v) is 15.8. The second-order valence-corrected chi connectivity index (χ2v) is 9.74. The molecule has 0 amide bonds. The Morgan fingerprint density at radius 3 is 1.40 bits per heavy atom. The fraction of sp³-hybridized carbons (Fsp3) is 0.167. The van der Waals surface area contributed by atoms with Gasteiger partial charge in [0.15, 0.2) is 0 Å². The van der Waals surface area contributed by atoms with Crippen LogP contribution in [-0.2, 0) is 0 Å². The fourth-order valence-corrected chi connectivity index (χ4v) is 7.14. The van der Waals surface area contributed by atoms with Gasteiger partial charge in [0.25, 0.3) is 0 Å². The van der Waals surface area contributed by atoms with Crippen LogP contribution in [0.5, 0.6) is 0 Å². The average Bonchev–Trinajstić information content (AvgIpc) is 2.70. The molecule has 0 spiro atoms. The highest BCUT2D eigenvalue weighted by atomic mass is 28.3. The standard InChI is InChI=1S/C24H24Si/c1-2-3-4-14-21-25(22-15-8-5-9-16-22,23-17-10-6-11-18-23)24-19-12-7-13-20-24/h5-13,15-20H,2-4H2,1H3. The lowest BCUT2D eigenvalue weighted by molar-refractivity contribution is 0.828. The van der Waals surface area contributed by atoms with Gasteiger partial charge in [-0.25, -0.2) is 0 Å². The highest BCUT2D eigenvalue weighted by Gasteiger charge is 2.37. The van der Waals surface area contributed by atoms with Crippen molar-refractivity contribution in [3.63, 3.8) is 0 Å². The summed E-state index contributed by atoms with van der Waals surface area (Å²) in [6.07, 6.45) is 3.32. The van der Waals surface area contributed by atoms with Crippen molar-refractivity contribution in [2.24, 2.45) is 0 Å². The van der Waals surface area contributed by atoms with Crippen LogP contribution in [-0.4, -0.2) is 8.07 Å². The van der Waals surface area contributed by atoms with Crippen molar-refractivity contribution < 1.29 is 0 Å². The molecule has 0 atom stereocenters. The molecule has 0 nitrogen and oxygen atoms in total. The van der Waals surface area contributed by atoms with Crippen LogP contribution in [0.2, 0.25) is 0 Å². The highest BCUT2D eigenvalue weighted by molar-refractivity contribution is 7.16.